The van der Waals surface area contributed by atoms with E-state index in [0.717, 1.165) is 18.8 Å². The van der Waals surface area contributed by atoms with Gasteiger partial charge in [0.15, 0.2) is 0 Å². The van der Waals surface area contributed by atoms with Gasteiger partial charge in [-0.2, -0.15) is 5.10 Å². The molecule has 2 unspecified atom stereocenters. The van der Waals surface area contributed by atoms with Gasteiger partial charge in [0.1, 0.15) is 0 Å². The molecule has 0 amide bonds. The van der Waals surface area contributed by atoms with Crippen molar-refractivity contribution in [3.8, 4) is 0 Å². The molecule has 0 aliphatic carbocycles. The molecule has 1 heterocycles. The summed E-state index contributed by atoms with van der Waals surface area (Å²) in [7, 11) is 5.67. The van der Waals surface area contributed by atoms with Crippen molar-refractivity contribution < 1.29 is 4.74 Å². The number of hydrogen-bond acceptors (Lipinski definition) is 4. The monoisotopic (exact) mass is 260 g/mol. The fraction of sp³-hybridized carbons (Fsp3) is 0.727. The zero-order chi connectivity index (χ0) is 13.0. The molecule has 0 fully saturated rings. The minimum absolute atomic E-state index is 0.0951. The normalized spacial score (nSPS) is 15.2. The molecule has 0 saturated carbocycles. The second kappa shape index (κ2) is 6.35. The van der Waals surface area contributed by atoms with Crippen molar-refractivity contribution in [3.05, 3.63) is 16.9 Å². The third-order valence-electron chi connectivity index (χ3n) is 2.79. The first-order valence-corrected chi connectivity index (χ1v) is 5.99. The summed E-state index contributed by atoms with van der Waals surface area (Å²) in [5, 5.41) is 4.85. The lowest BCUT2D eigenvalue weighted by Gasteiger charge is -2.21. The number of nitrogens with zero attached hydrogens (tertiary/aromatic N) is 3. The van der Waals surface area contributed by atoms with E-state index in [1.165, 1.54) is 0 Å². The van der Waals surface area contributed by atoms with Gasteiger partial charge in [-0.3, -0.25) is 4.68 Å². The van der Waals surface area contributed by atoms with Crippen LogP contribution >= 0.6 is 11.6 Å². The molecule has 0 saturated heterocycles. The SMILES string of the molecule is COC(C)C(N)c1c(Cl)cnn1CCN(C)C. The molecule has 1 aromatic heterocycles. The van der Waals surface area contributed by atoms with Crippen LogP contribution < -0.4 is 5.73 Å². The van der Waals surface area contributed by atoms with Crippen LogP contribution in [-0.4, -0.2) is 48.5 Å². The van der Waals surface area contributed by atoms with Gasteiger partial charge in [0.05, 0.1) is 35.6 Å². The largest absolute Gasteiger partial charge is 0.380 e. The van der Waals surface area contributed by atoms with Crippen molar-refractivity contribution in [2.75, 3.05) is 27.7 Å². The average molecular weight is 261 g/mol. The number of methoxy groups -OCH3 is 1. The first-order chi connectivity index (χ1) is 7.97. The number of hydrogen-bond donors (Lipinski definition) is 1. The smallest absolute Gasteiger partial charge is 0.0835 e. The van der Waals surface area contributed by atoms with Crippen molar-refractivity contribution in [1.29, 1.82) is 0 Å². The fourth-order valence-corrected chi connectivity index (χ4v) is 1.81. The molecule has 98 valence electrons. The first kappa shape index (κ1) is 14.4. The molecule has 5 nitrogen and oxygen atoms in total. The quantitative estimate of drug-likeness (QED) is 0.833. The number of aromatic nitrogens is 2. The summed E-state index contributed by atoms with van der Waals surface area (Å²) in [5.41, 5.74) is 6.95. The highest BCUT2D eigenvalue weighted by Gasteiger charge is 2.22. The summed E-state index contributed by atoms with van der Waals surface area (Å²) < 4.78 is 7.09. The predicted molar refractivity (Wildman–Crippen MR) is 69.2 cm³/mol. The van der Waals surface area contributed by atoms with Crippen LogP contribution in [0.2, 0.25) is 5.02 Å². The minimum atomic E-state index is -0.267. The topological polar surface area (TPSA) is 56.3 Å². The van der Waals surface area contributed by atoms with Gasteiger partial charge in [0.25, 0.3) is 0 Å². The van der Waals surface area contributed by atoms with E-state index in [9.17, 15) is 0 Å². The summed E-state index contributed by atoms with van der Waals surface area (Å²) >= 11 is 6.12. The Hall–Kier alpha value is -0.620. The van der Waals surface area contributed by atoms with Gasteiger partial charge in [-0.1, -0.05) is 11.6 Å². The molecule has 1 aromatic rings. The van der Waals surface area contributed by atoms with Gasteiger partial charge < -0.3 is 15.4 Å². The maximum absolute atomic E-state index is 6.12. The summed E-state index contributed by atoms with van der Waals surface area (Å²) in [6.07, 6.45) is 1.54. The number of ether oxygens (including phenoxy) is 1. The second-order valence-electron chi connectivity index (χ2n) is 4.37. The Morgan fingerprint density at radius 2 is 2.24 bits per heavy atom. The summed E-state index contributed by atoms with van der Waals surface area (Å²) in [6.45, 7) is 3.57. The van der Waals surface area contributed by atoms with Crippen molar-refractivity contribution in [2.45, 2.75) is 25.6 Å². The average Bonchev–Trinajstić information content (AvgIpc) is 2.65. The molecule has 1 rings (SSSR count). The third kappa shape index (κ3) is 3.67. The maximum atomic E-state index is 6.12. The van der Waals surface area contributed by atoms with Gasteiger partial charge in [0, 0.05) is 13.7 Å². The molecule has 0 radical (unpaired) electrons. The van der Waals surface area contributed by atoms with Crippen molar-refractivity contribution in [3.63, 3.8) is 0 Å². The van der Waals surface area contributed by atoms with E-state index < -0.39 is 0 Å². The number of halogens is 1. The minimum Gasteiger partial charge on any atom is -0.380 e. The lowest BCUT2D eigenvalue weighted by molar-refractivity contribution is 0.0928. The summed E-state index contributed by atoms with van der Waals surface area (Å²) in [4.78, 5) is 2.09. The lowest BCUT2D eigenvalue weighted by Crippen LogP contribution is -2.29. The van der Waals surface area contributed by atoms with E-state index in [4.69, 9.17) is 22.1 Å². The van der Waals surface area contributed by atoms with Crippen molar-refractivity contribution in [2.24, 2.45) is 5.73 Å². The molecular formula is C11H21ClN4O. The first-order valence-electron chi connectivity index (χ1n) is 5.61. The van der Waals surface area contributed by atoms with Crippen molar-refractivity contribution >= 4 is 11.6 Å². The predicted octanol–water partition coefficient (Wildman–Crippen LogP) is 1.13. The molecule has 0 aliphatic heterocycles. The van der Waals surface area contributed by atoms with Gasteiger partial charge in [-0.05, 0) is 21.0 Å². The van der Waals surface area contributed by atoms with E-state index in [-0.39, 0.29) is 12.1 Å². The molecule has 0 aromatic carbocycles. The van der Waals surface area contributed by atoms with E-state index in [0.29, 0.717) is 5.02 Å². The summed E-state index contributed by atoms with van der Waals surface area (Å²) in [6, 6.07) is -0.267. The number of nitrogens with two attached hydrogens (primary N) is 1. The van der Waals surface area contributed by atoms with Crippen LogP contribution in [0.25, 0.3) is 0 Å². The molecule has 2 N–H and O–H groups in total. The molecular weight excluding hydrogens is 240 g/mol. The van der Waals surface area contributed by atoms with Gasteiger partial charge in [-0.15, -0.1) is 0 Å². The van der Waals surface area contributed by atoms with Crippen LogP contribution in [0.3, 0.4) is 0 Å². The second-order valence-corrected chi connectivity index (χ2v) is 4.78. The summed E-state index contributed by atoms with van der Waals surface area (Å²) in [5.74, 6) is 0. The van der Waals surface area contributed by atoms with Gasteiger partial charge in [0.2, 0.25) is 0 Å². The van der Waals surface area contributed by atoms with Gasteiger partial charge >= 0.3 is 0 Å². The van der Waals surface area contributed by atoms with Crippen LogP contribution in [0.15, 0.2) is 6.20 Å². The van der Waals surface area contributed by atoms with Crippen LogP contribution in [0.4, 0.5) is 0 Å². The standard InChI is InChI=1S/C11H21ClN4O/c1-8(17-4)10(13)11-9(12)7-14-16(11)6-5-15(2)3/h7-8,10H,5-6,13H2,1-4H3. The molecule has 0 aliphatic rings. The molecule has 17 heavy (non-hydrogen) atoms. The Morgan fingerprint density at radius 3 is 2.76 bits per heavy atom. The Bertz CT molecular complexity index is 353. The Balaban J connectivity index is 2.85. The Labute approximate surface area is 107 Å². The fourth-order valence-electron chi connectivity index (χ4n) is 1.55. The third-order valence-corrected chi connectivity index (χ3v) is 3.08. The highest BCUT2D eigenvalue weighted by molar-refractivity contribution is 6.31. The van der Waals surface area contributed by atoms with Gasteiger partial charge in [-0.25, -0.2) is 0 Å². The van der Waals surface area contributed by atoms with E-state index in [1.807, 2.05) is 25.7 Å². The zero-order valence-corrected chi connectivity index (χ0v) is 11.6. The molecule has 2 atom stereocenters. The Kier molecular flexibility index (Phi) is 5.39. The van der Waals surface area contributed by atoms with Crippen LogP contribution in [0.5, 0.6) is 0 Å². The van der Waals surface area contributed by atoms with Crippen LogP contribution in [-0.2, 0) is 11.3 Å². The van der Waals surface area contributed by atoms with E-state index in [2.05, 4.69) is 10.00 Å². The van der Waals surface area contributed by atoms with E-state index >= 15 is 0 Å². The highest BCUT2D eigenvalue weighted by atomic mass is 35.5. The highest BCUT2D eigenvalue weighted by Crippen LogP contribution is 2.24. The zero-order valence-electron chi connectivity index (χ0n) is 10.9. The Morgan fingerprint density at radius 1 is 1.59 bits per heavy atom. The van der Waals surface area contributed by atoms with Crippen molar-refractivity contribution in [1.82, 2.24) is 14.7 Å². The lowest BCUT2D eigenvalue weighted by atomic mass is 10.1. The van der Waals surface area contributed by atoms with Crippen LogP contribution in [0, 0.1) is 0 Å². The molecule has 6 heteroatoms. The van der Waals surface area contributed by atoms with E-state index in [1.54, 1.807) is 13.3 Å². The maximum Gasteiger partial charge on any atom is 0.0835 e. The molecule has 0 bridgehead atoms. The number of rotatable bonds is 6. The number of likely N-dealkylation sites (N-methyl/N-ethyl adjacent to an activating group) is 1. The molecule has 0 spiro atoms. The van der Waals surface area contributed by atoms with Crippen LogP contribution in [0.1, 0.15) is 18.7 Å².